The fourth-order valence-electron chi connectivity index (χ4n) is 2.54. The Labute approximate surface area is 118 Å². The van der Waals surface area contributed by atoms with Gasteiger partial charge in [0, 0.05) is 31.5 Å². The van der Waals surface area contributed by atoms with Crippen LogP contribution in [0.5, 0.6) is 0 Å². The quantitative estimate of drug-likeness (QED) is 0.899. The number of aromatic nitrogens is 3. The zero-order chi connectivity index (χ0) is 13.9. The molecule has 6 heteroatoms. The lowest BCUT2D eigenvalue weighted by molar-refractivity contribution is 0.0929. The Hall–Kier alpha value is -1.66. The molecule has 0 spiro atoms. The average molecular weight is 275 g/mol. The molecule has 108 valence electrons. The van der Waals surface area contributed by atoms with Gasteiger partial charge in [0.25, 0.3) is 0 Å². The van der Waals surface area contributed by atoms with Crippen molar-refractivity contribution < 1.29 is 4.74 Å². The number of hydrogen-bond donors (Lipinski definition) is 1. The molecule has 1 saturated heterocycles. The van der Waals surface area contributed by atoms with Gasteiger partial charge in [0.2, 0.25) is 0 Å². The van der Waals surface area contributed by atoms with Crippen LogP contribution in [0, 0.1) is 0 Å². The van der Waals surface area contributed by atoms with Crippen molar-refractivity contribution in [2.75, 3.05) is 31.2 Å². The summed E-state index contributed by atoms with van der Waals surface area (Å²) in [4.78, 5) is 6.89. The number of anilines is 1. The van der Waals surface area contributed by atoms with E-state index in [1.165, 1.54) is 0 Å². The predicted molar refractivity (Wildman–Crippen MR) is 78.1 cm³/mol. The molecule has 1 atom stereocenters. The van der Waals surface area contributed by atoms with Crippen LogP contribution >= 0.6 is 0 Å². The van der Waals surface area contributed by atoms with Gasteiger partial charge >= 0.3 is 0 Å². The number of rotatable bonds is 4. The molecule has 0 amide bonds. The summed E-state index contributed by atoms with van der Waals surface area (Å²) in [6.45, 7) is 7.55. The van der Waals surface area contributed by atoms with Gasteiger partial charge in [-0.3, -0.25) is 0 Å². The topological polar surface area (TPSA) is 54.7 Å². The van der Waals surface area contributed by atoms with Crippen molar-refractivity contribution in [3.8, 4) is 0 Å². The van der Waals surface area contributed by atoms with Crippen LogP contribution in [0.15, 0.2) is 24.7 Å². The number of nitrogens with one attached hydrogen (secondary N) is 1. The molecule has 0 aromatic carbocycles. The maximum Gasteiger partial charge on any atom is 0.155 e. The van der Waals surface area contributed by atoms with Crippen molar-refractivity contribution in [1.29, 1.82) is 0 Å². The second-order valence-electron chi connectivity index (χ2n) is 5.40. The summed E-state index contributed by atoms with van der Waals surface area (Å²) in [6.07, 6.45) is 5.49. The van der Waals surface area contributed by atoms with Crippen LogP contribution in [-0.4, -0.2) is 53.0 Å². The van der Waals surface area contributed by atoms with Gasteiger partial charge in [0.15, 0.2) is 5.82 Å². The highest BCUT2D eigenvalue weighted by molar-refractivity contribution is 5.68. The maximum atomic E-state index is 5.63. The van der Waals surface area contributed by atoms with Gasteiger partial charge < -0.3 is 15.0 Å². The second kappa shape index (κ2) is 5.76. The molecular weight excluding hydrogens is 254 g/mol. The summed E-state index contributed by atoms with van der Waals surface area (Å²) in [5.41, 5.74) is 1.05. The highest BCUT2D eigenvalue weighted by atomic mass is 16.5. The summed E-state index contributed by atoms with van der Waals surface area (Å²) in [5.74, 6) is 0.990. The van der Waals surface area contributed by atoms with E-state index >= 15 is 0 Å². The van der Waals surface area contributed by atoms with E-state index in [0.717, 1.165) is 37.6 Å². The van der Waals surface area contributed by atoms with Crippen LogP contribution in [-0.2, 0) is 4.74 Å². The van der Waals surface area contributed by atoms with Gasteiger partial charge in [-0.2, -0.15) is 5.10 Å². The Bertz CT molecular complexity index is 567. The van der Waals surface area contributed by atoms with Gasteiger partial charge in [-0.15, -0.1) is 0 Å². The molecule has 2 aromatic rings. The SMILES string of the molecule is CC(C)NCC1COCCN1c1nccn2nccc12. The molecule has 1 aliphatic rings. The van der Waals surface area contributed by atoms with Crippen molar-refractivity contribution in [3.05, 3.63) is 24.7 Å². The normalized spacial score (nSPS) is 19.9. The standard InChI is InChI=1S/C14H21N5O/c1-11(2)16-9-12-10-20-8-7-18(12)14-13-3-4-17-19(13)6-5-15-14/h3-6,11-12,16H,7-10H2,1-2H3. The van der Waals surface area contributed by atoms with Crippen molar-refractivity contribution in [2.24, 2.45) is 0 Å². The monoisotopic (exact) mass is 275 g/mol. The zero-order valence-corrected chi connectivity index (χ0v) is 12.0. The van der Waals surface area contributed by atoms with E-state index in [1.54, 1.807) is 6.20 Å². The third-order valence-corrected chi connectivity index (χ3v) is 3.57. The molecule has 1 unspecified atom stereocenters. The van der Waals surface area contributed by atoms with E-state index in [2.05, 4.69) is 34.1 Å². The molecule has 2 aromatic heterocycles. The minimum absolute atomic E-state index is 0.305. The van der Waals surface area contributed by atoms with Crippen molar-refractivity contribution in [1.82, 2.24) is 19.9 Å². The number of fused-ring (bicyclic) bond motifs is 1. The minimum atomic E-state index is 0.305. The number of morpholine rings is 1. The smallest absolute Gasteiger partial charge is 0.155 e. The molecule has 0 aliphatic carbocycles. The largest absolute Gasteiger partial charge is 0.377 e. The van der Waals surface area contributed by atoms with E-state index in [-0.39, 0.29) is 0 Å². The highest BCUT2D eigenvalue weighted by Crippen LogP contribution is 2.22. The highest BCUT2D eigenvalue weighted by Gasteiger charge is 2.25. The molecule has 0 bridgehead atoms. The van der Waals surface area contributed by atoms with E-state index in [9.17, 15) is 0 Å². The summed E-state index contributed by atoms with van der Waals surface area (Å²) in [7, 11) is 0. The van der Waals surface area contributed by atoms with Gasteiger partial charge in [-0.1, -0.05) is 13.8 Å². The van der Waals surface area contributed by atoms with Crippen molar-refractivity contribution in [3.63, 3.8) is 0 Å². The Balaban J connectivity index is 1.87. The Kier molecular flexibility index (Phi) is 3.84. The fourth-order valence-corrected chi connectivity index (χ4v) is 2.54. The predicted octanol–water partition coefficient (Wildman–Crippen LogP) is 0.932. The molecule has 20 heavy (non-hydrogen) atoms. The first-order valence-electron chi connectivity index (χ1n) is 7.12. The minimum Gasteiger partial charge on any atom is -0.377 e. The molecule has 0 saturated carbocycles. The van der Waals surface area contributed by atoms with Crippen molar-refractivity contribution >= 4 is 11.3 Å². The first-order valence-corrected chi connectivity index (χ1v) is 7.12. The van der Waals surface area contributed by atoms with Crippen LogP contribution in [0.1, 0.15) is 13.8 Å². The molecule has 3 heterocycles. The second-order valence-corrected chi connectivity index (χ2v) is 5.40. The first-order chi connectivity index (χ1) is 9.75. The summed E-state index contributed by atoms with van der Waals surface area (Å²) >= 11 is 0. The van der Waals surface area contributed by atoms with Gasteiger partial charge in [-0.25, -0.2) is 9.50 Å². The lowest BCUT2D eigenvalue weighted by Crippen LogP contribution is -2.51. The van der Waals surface area contributed by atoms with Crippen LogP contribution < -0.4 is 10.2 Å². The first kappa shape index (κ1) is 13.3. The number of hydrogen-bond acceptors (Lipinski definition) is 5. The van der Waals surface area contributed by atoms with Crippen LogP contribution in [0.3, 0.4) is 0 Å². The molecule has 1 N–H and O–H groups in total. The Morgan fingerprint density at radius 2 is 2.35 bits per heavy atom. The summed E-state index contributed by atoms with van der Waals surface area (Å²) in [6, 6.07) is 2.78. The van der Waals surface area contributed by atoms with E-state index in [0.29, 0.717) is 12.1 Å². The molecule has 1 aliphatic heterocycles. The molecule has 1 fully saturated rings. The average Bonchev–Trinajstić information content (AvgIpc) is 2.93. The summed E-state index contributed by atoms with van der Waals surface area (Å²) < 4.78 is 7.49. The lowest BCUT2D eigenvalue weighted by atomic mass is 10.2. The van der Waals surface area contributed by atoms with Gasteiger partial charge in [0.1, 0.15) is 5.52 Å². The van der Waals surface area contributed by atoms with Crippen LogP contribution in [0.4, 0.5) is 5.82 Å². The Morgan fingerprint density at radius 1 is 1.45 bits per heavy atom. The molecule has 3 rings (SSSR count). The van der Waals surface area contributed by atoms with Crippen LogP contribution in [0.25, 0.3) is 5.52 Å². The van der Waals surface area contributed by atoms with Crippen LogP contribution in [0.2, 0.25) is 0 Å². The maximum absolute atomic E-state index is 5.63. The molecule has 0 radical (unpaired) electrons. The zero-order valence-electron chi connectivity index (χ0n) is 12.0. The number of ether oxygens (including phenoxy) is 1. The third-order valence-electron chi connectivity index (χ3n) is 3.57. The summed E-state index contributed by atoms with van der Waals surface area (Å²) in [5, 5.41) is 7.76. The van der Waals surface area contributed by atoms with Gasteiger partial charge in [0.05, 0.1) is 25.5 Å². The Morgan fingerprint density at radius 3 is 3.20 bits per heavy atom. The molecule has 6 nitrogen and oxygen atoms in total. The number of nitrogens with zero attached hydrogens (tertiary/aromatic N) is 4. The molecular formula is C14H21N5O. The van der Waals surface area contributed by atoms with E-state index < -0.39 is 0 Å². The fraction of sp³-hybridized carbons (Fsp3) is 0.571. The van der Waals surface area contributed by atoms with E-state index in [4.69, 9.17) is 4.74 Å². The van der Waals surface area contributed by atoms with E-state index in [1.807, 2.05) is 23.0 Å². The lowest BCUT2D eigenvalue weighted by Gasteiger charge is -2.37. The van der Waals surface area contributed by atoms with Gasteiger partial charge in [-0.05, 0) is 6.07 Å². The third kappa shape index (κ3) is 2.62. The van der Waals surface area contributed by atoms with Crippen molar-refractivity contribution in [2.45, 2.75) is 25.9 Å².